The standard InChI is InChI=1S/C14H26N2O/c1-9-7-10(2)16(8-9)14(17)12-5-4-6-13(15)11(12)3/h9-13H,4-8,15H2,1-3H3. The van der Waals surface area contributed by atoms with Gasteiger partial charge in [0.1, 0.15) is 0 Å². The van der Waals surface area contributed by atoms with Crippen LogP contribution in [0.4, 0.5) is 0 Å². The lowest BCUT2D eigenvalue weighted by Gasteiger charge is -2.36. The minimum atomic E-state index is 0.173. The molecule has 3 nitrogen and oxygen atoms in total. The predicted molar refractivity (Wildman–Crippen MR) is 69.4 cm³/mol. The summed E-state index contributed by atoms with van der Waals surface area (Å²) >= 11 is 0. The molecule has 98 valence electrons. The molecule has 1 aliphatic carbocycles. The Morgan fingerprint density at radius 3 is 2.53 bits per heavy atom. The molecule has 2 N–H and O–H groups in total. The summed E-state index contributed by atoms with van der Waals surface area (Å²) in [5.41, 5.74) is 6.10. The quantitative estimate of drug-likeness (QED) is 0.759. The number of rotatable bonds is 1. The van der Waals surface area contributed by atoms with Gasteiger partial charge in [0, 0.05) is 24.5 Å². The highest BCUT2D eigenvalue weighted by Crippen LogP contribution is 2.33. The molecule has 2 fully saturated rings. The Kier molecular flexibility index (Phi) is 3.76. The number of carbonyl (C=O) groups is 1. The Labute approximate surface area is 105 Å². The summed E-state index contributed by atoms with van der Waals surface area (Å²) in [6.07, 6.45) is 4.38. The van der Waals surface area contributed by atoms with Gasteiger partial charge in [-0.05, 0) is 38.0 Å². The largest absolute Gasteiger partial charge is 0.339 e. The Hall–Kier alpha value is -0.570. The number of hydrogen-bond acceptors (Lipinski definition) is 2. The summed E-state index contributed by atoms with van der Waals surface area (Å²) in [6, 6.07) is 0.635. The number of hydrogen-bond donors (Lipinski definition) is 1. The Morgan fingerprint density at radius 1 is 1.24 bits per heavy atom. The van der Waals surface area contributed by atoms with E-state index in [4.69, 9.17) is 5.73 Å². The molecule has 5 atom stereocenters. The molecule has 1 heterocycles. The third-order valence-corrected chi connectivity index (χ3v) is 4.75. The van der Waals surface area contributed by atoms with E-state index in [1.54, 1.807) is 0 Å². The fourth-order valence-corrected chi connectivity index (χ4v) is 3.57. The van der Waals surface area contributed by atoms with Gasteiger partial charge in [0.2, 0.25) is 5.91 Å². The van der Waals surface area contributed by atoms with Crippen molar-refractivity contribution in [1.29, 1.82) is 0 Å². The van der Waals surface area contributed by atoms with Crippen molar-refractivity contribution in [3.05, 3.63) is 0 Å². The lowest BCUT2D eigenvalue weighted by atomic mass is 9.76. The van der Waals surface area contributed by atoms with E-state index in [0.717, 1.165) is 32.2 Å². The van der Waals surface area contributed by atoms with E-state index in [-0.39, 0.29) is 12.0 Å². The highest BCUT2D eigenvalue weighted by molar-refractivity contribution is 5.80. The molecule has 5 unspecified atom stereocenters. The van der Waals surface area contributed by atoms with E-state index in [0.29, 0.717) is 23.8 Å². The zero-order valence-electron chi connectivity index (χ0n) is 11.4. The number of nitrogens with zero attached hydrogens (tertiary/aromatic N) is 1. The van der Waals surface area contributed by atoms with Crippen LogP contribution in [-0.2, 0) is 4.79 Å². The van der Waals surface area contributed by atoms with Crippen LogP contribution in [0.1, 0.15) is 46.5 Å². The van der Waals surface area contributed by atoms with Crippen molar-refractivity contribution in [2.24, 2.45) is 23.5 Å². The normalized spacial score (nSPS) is 42.8. The van der Waals surface area contributed by atoms with Crippen molar-refractivity contribution in [3.8, 4) is 0 Å². The lowest BCUT2D eigenvalue weighted by Crippen LogP contribution is -2.46. The van der Waals surface area contributed by atoms with Gasteiger partial charge in [-0.25, -0.2) is 0 Å². The van der Waals surface area contributed by atoms with Crippen LogP contribution >= 0.6 is 0 Å². The molecule has 0 aromatic heterocycles. The van der Waals surface area contributed by atoms with Gasteiger partial charge in [0.15, 0.2) is 0 Å². The van der Waals surface area contributed by atoms with Gasteiger partial charge in [-0.3, -0.25) is 4.79 Å². The molecular formula is C14H26N2O. The van der Waals surface area contributed by atoms with E-state index in [2.05, 4.69) is 25.7 Å². The average Bonchev–Trinajstić information content (AvgIpc) is 2.61. The van der Waals surface area contributed by atoms with Gasteiger partial charge >= 0.3 is 0 Å². The molecule has 0 bridgehead atoms. The molecule has 0 aromatic carbocycles. The summed E-state index contributed by atoms with van der Waals surface area (Å²) in [5.74, 6) is 1.54. The minimum Gasteiger partial charge on any atom is -0.339 e. The molecule has 0 spiro atoms. The van der Waals surface area contributed by atoms with Crippen molar-refractivity contribution < 1.29 is 4.79 Å². The van der Waals surface area contributed by atoms with E-state index < -0.39 is 0 Å². The summed E-state index contributed by atoms with van der Waals surface area (Å²) < 4.78 is 0. The third-order valence-electron chi connectivity index (χ3n) is 4.75. The molecule has 1 amide bonds. The summed E-state index contributed by atoms with van der Waals surface area (Å²) in [4.78, 5) is 14.7. The maximum absolute atomic E-state index is 12.6. The fourth-order valence-electron chi connectivity index (χ4n) is 3.57. The number of amides is 1. The molecule has 0 radical (unpaired) electrons. The maximum atomic E-state index is 12.6. The second-order valence-electron chi connectivity index (χ2n) is 6.24. The van der Waals surface area contributed by atoms with E-state index >= 15 is 0 Å². The van der Waals surface area contributed by atoms with Crippen LogP contribution in [0.3, 0.4) is 0 Å². The van der Waals surface area contributed by atoms with Crippen molar-refractivity contribution in [2.75, 3.05) is 6.54 Å². The smallest absolute Gasteiger partial charge is 0.226 e. The Morgan fingerprint density at radius 2 is 1.94 bits per heavy atom. The van der Waals surface area contributed by atoms with Crippen molar-refractivity contribution in [2.45, 2.75) is 58.5 Å². The van der Waals surface area contributed by atoms with Gasteiger partial charge in [0.25, 0.3) is 0 Å². The number of nitrogens with two attached hydrogens (primary N) is 1. The first-order chi connectivity index (χ1) is 8.00. The topological polar surface area (TPSA) is 46.3 Å². The maximum Gasteiger partial charge on any atom is 0.226 e. The molecule has 3 heteroatoms. The van der Waals surface area contributed by atoms with Crippen LogP contribution in [0.2, 0.25) is 0 Å². The highest BCUT2D eigenvalue weighted by Gasteiger charge is 2.38. The third kappa shape index (κ3) is 2.49. The van der Waals surface area contributed by atoms with E-state index in [1.165, 1.54) is 0 Å². The first-order valence-corrected chi connectivity index (χ1v) is 7.06. The Balaban J connectivity index is 2.04. The summed E-state index contributed by atoms with van der Waals surface area (Å²) in [6.45, 7) is 7.50. The molecule has 1 aliphatic heterocycles. The van der Waals surface area contributed by atoms with E-state index in [9.17, 15) is 4.79 Å². The summed E-state index contributed by atoms with van der Waals surface area (Å²) in [5, 5.41) is 0. The molecule has 1 saturated heterocycles. The first-order valence-electron chi connectivity index (χ1n) is 7.06. The van der Waals surface area contributed by atoms with Gasteiger partial charge in [0.05, 0.1) is 0 Å². The fraction of sp³-hybridized carbons (Fsp3) is 0.929. The van der Waals surface area contributed by atoms with E-state index in [1.807, 2.05) is 0 Å². The minimum absolute atomic E-state index is 0.173. The van der Waals surface area contributed by atoms with Crippen LogP contribution < -0.4 is 5.73 Å². The van der Waals surface area contributed by atoms with Crippen LogP contribution in [0.15, 0.2) is 0 Å². The molecule has 0 aromatic rings. The number of carbonyl (C=O) groups excluding carboxylic acids is 1. The second kappa shape index (κ2) is 4.97. The van der Waals surface area contributed by atoms with Crippen LogP contribution in [0.25, 0.3) is 0 Å². The predicted octanol–water partition coefficient (Wildman–Crippen LogP) is 2.01. The zero-order chi connectivity index (χ0) is 12.6. The molecular weight excluding hydrogens is 212 g/mol. The molecule has 2 aliphatic rings. The van der Waals surface area contributed by atoms with Crippen LogP contribution in [-0.4, -0.2) is 29.4 Å². The van der Waals surface area contributed by atoms with Gasteiger partial charge in [-0.2, -0.15) is 0 Å². The van der Waals surface area contributed by atoms with Crippen molar-refractivity contribution in [3.63, 3.8) is 0 Å². The monoisotopic (exact) mass is 238 g/mol. The Bertz CT molecular complexity index is 292. The van der Waals surface area contributed by atoms with Gasteiger partial charge in [-0.15, -0.1) is 0 Å². The van der Waals surface area contributed by atoms with Crippen molar-refractivity contribution >= 4 is 5.91 Å². The van der Waals surface area contributed by atoms with Crippen LogP contribution in [0, 0.1) is 17.8 Å². The molecule has 17 heavy (non-hydrogen) atoms. The molecule has 1 saturated carbocycles. The first kappa shape index (κ1) is 12.9. The summed E-state index contributed by atoms with van der Waals surface area (Å²) in [7, 11) is 0. The highest BCUT2D eigenvalue weighted by atomic mass is 16.2. The lowest BCUT2D eigenvalue weighted by molar-refractivity contribution is -0.139. The molecule has 2 rings (SSSR count). The zero-order valence-corrected chi connectivity index (χ0v) is 11.4. The number of likely N-dealkylation sites (tertiary alicyclic amines) is 1. The van der Waals surface area contributed by atoms with Gasteiger partial charge < -0.3 is 10.6 Å². The van der Waals surface area contributed by atoms with Crippen LogP contribution in [0.5, 0.6) is 0 Å². The van der Waals surface area contributed by atoms with Crippen molar-refractivity contribution in [1.82, 2.24) is 4.90 Å². The SMILES string of the molecule is CC1CC(C)N(C(=O)C2CCCC(N)C2C)C1. The average molecular weight is 238 g/mol. The second-order valence-corrected chi connectivity index (χ2v) is 6.24. The van der Waals surface area contributed by atoms with Gasteiger partial charge in [-0.1, -0.05) is 20.3 Å².